The van der Waals surface area contributed by atoms with Crippen LogP contribution in [-0.2, 0) is 11.3 Å². The number of pyridine rings is 1. The van der Waals surface area contributed by atoms with Crippen LogP contribution in [0.3, 0.4) is 0 Å². The zero-order valence-corrected chi connectivity index (χ0v) is 15.1. The Morgan fingerprint density at radius 1 is 1.25 bits per heavy atom. The molecule has 2 heterocycles. The smallest absolute Gasteiger partial charge is 0.191 e. The van der Waals surface area contributed by atoms with Gasteiger partial charge in [-0.25, -0.2) is 9.98 Å². The SMILES string of the molecule is CCNC(=NCc1ccc(N2CCN(C)CC2)nc1)NCCOC. The molecule has 0 radical (unpaired) electrons. The molecule has 7 nitrogen and oxygen atoms in total. The Labute approximate surface area is 145 Å². The Morgan fingerprint density at radius 3 is 2.67 bits per heavy atom. The third-order valence-corrected chi connectivity index (χ3v) is 4.00. The molecule has 134 valence electrons. The van der Waals surface area contributed by atoms with Crippen molar-refractivity contribution in [2.75, 3.05) is 64.9 Å². The van der Waals surface area contributed by atoms with Crippen molar-refractivity contribution in [1.82, 2.24) is 20.5 Å². The normalized spacial score (nSPS) is 16.3. The Bertz CT molecular complexity index is 496. The third-order valence-electron chi connectivity index (χ3n) is 4.00. The number of methoxy groups -OCH3 is 1. The molecule has 0 aromatic carbocycles. The second-order valence-corrected chi connectivity index (χ2v) is 5.93. The van der Waals surface area contributed by atoms with Crippen molar-refractivity contribution < 1.29 is 4.74 Å². The highest BCUT2D eigenvalue weighted by atomic mass is 16.5. The van der Waals surface area contributed by atoms with Gasteiger partial charge in [0.1, 0.15) is 5.82 Å². The summed E-state index contributed by atoms with van der Waals surface area (Å²) in [5.74, 6) is 1.86. The summed E-state index contributed by atoms with van der Waals surface area (Å²) in [7, 11) is 3.85. The fourth-order valence-corrected chi connectivity index (χ4v) is 2.52. The maximum atomic E-state index is 5.05. The van der Waals surface area contributed by atoms with Gasteiger partial charge in [0.15, 0.2) is 5.96 Å². The van der Waals surface area contributed by atoms with Crippen molar-refractivity contribution in [2.45, 2.75) is 13.5 Å². The van der Waals surface area contributed by atoms with Gasteiger partial charge >= 0.3 is 0 Å². The summed E-state index contributed by atoms with van der Waals surface area (Å²) in [5.41, 5.74) is 1.11. The summed E-state index contributed by atoms with van der Waals surface area (Å²) in [6.45, 7) is 9.15. The van der Waals surface area contributed by atoms with Crippen molar-refractivity contribution in [3.05, 3.63) is 23.9 Å². The van der Waals surface area contributed by atoms with E-state index in [1.54, 1.807) is 7.11 Å². The van der Waals surface area contributed by atoms with Crippen LogP contribution in [0.15, 0.2) is 23.3 Å². The van der Waals surface area contributed by atoms with Crippen LogP contribution in [0, 0.1) is 0 Å². The molecule has 0 bridgehead atoms. The molecule has 1 aromatic heterocycles. The van der Waals surface area contributed by atoms with Crippen molar-refractivity contribution >= 4 is 11.8 Å². The molecular weight excluding hydrogens is 304 g/mol. The van der Waals surface area contributed by atoms with Crippen LogP contribution in [0.4, 0.5) is 5.82 Å². The Morgan fingerprint density at radius 2 is 2.04 bits per heavy atom. The number of aliphatic imine (C=N–C) groups is 1. The monoisotopic (exact) mass is 334 g/mol. The van der Waals surface area contributed by atoms with Crippen molar-refractivity contribution in [1.29, 1.82) is 0 Å². The first-order valence-corrected chi connectivity index (χ1v) is 8.62. The van der Waals surface area contributed by atoms with E-state index in [9.17, 15) is 0 Å². The summed E-state index contributed by atoms with van der Waals surface area (Å²) in [6, 6.07) is 4.21. The minimum absolute atomic E-state index is 0.609. The lowest BCUT2D eigenvalue weighted by molar-refractivity contribution is 0.203. The highest BCUT2D eigenvalue weighted by Crippen LogP contribution is 2.13. The molecule has 7 heteroatoms. The van der Waals surface area contributed by atoms with Gasteiger partial charge in [-0.15, -0.1) is 0 Å². The summed E-state index contributed by atoms with van der Waals surface area (Å²) >= 11 is 0. The fraction of sp³-hybridized carbons (Fsp3) is 0.647. The van der Waals surface area contributed by atoms with Crippen LogP contribution in [-0.4, -0.2) is 75.9 Å². The number of anilines is 1. The lowest BCUT2D eigenvalue weighted by Crippen LogP contribution is -2.44. The number of hydrogen-bond donors (Lipinski definition) is 2. The lowest BCUT2D eigenvalue weighted by atomic mass is 10.2. The average molecular weight is 334 g/mol. The predicted octanol–water partition coefficient (Wildman–Crippen LogP) is 0.535. The van der Waals surface area contributed by atoms with E-state index in [1.807, 2.05) is 6.20 Å². The van der Waals surface area contributed by atoms with Gasteiger partial charge in [-0.2, -0.15) is 0 Å². The number of guanidine groups is 1. The number of hydrogen-bond acceptors (Lipinski definition) is 5. The van der Waals surface area contributed by atoms with Gasteiger partial charge in [0.05, 0.1) is 13.2 Å². The Kier molecular flexibility index (Phi) is 7.77. The van der Waals surface area contributed by atoms with Crippen LogP contribution in [0.25, 0.3) is 0 Å². The first-order chi connectivity index (χ1) is 11.7. The maximum absolute atomic E-state index is 5.05. The van der Waals surface area contributed by atoms with Crippen molar-refractivity contribution in [2.24, 2.45) is 4.99 Å². The summed E-state index contributed by atoms with van der Waals surface area (Å²) < 4.78 is 5.05. The van der Waals surface area contributed by atoms with E-state index in [0.29, 0.717) is 13.2 Å². The fourth-order valence-electron chi connectivity index (χ4n) is 2.52. The van der Waals surface area contributed by atoms with Gasteiger partial charge in [0.2, 0.25) is 0 Å². The molecule has 0 atom stereocenters. The topological polar surface area (TPSA) is 65.0 Å². The number of ether oxygens (including phenoxy) is 1. The number of nitrogens with one attached hydrogen (secondary N) is 2. The van der Waals surface area contributed by atoms with E-state index >= 15 is 0 Å². The molecule has 0 aliphatic carbocycles. The number of nitrogens with zero attached hydrogens (tertiary/aromatic N) is 4. The van der Waals surface area contributed by atoms with E-state index in [2.05, 4.69) is 56.5 Å². The molecule has 1 saturated heterocycles. The van der Waals surface area contributed by atoms with Gasteiger partial charge in [0.25, 0.3) is 0 Å². The average Bonchev–Trinajstić information content (AvgIpc) is 2.61. The van der Waals surface area contributed by atoms with Crippen LogP contribution in [0.2, 0.25) is 0 Å². The quantitative estimate of drug-likeness (QED) is 0.431. The van der Waals surface area contributed by atoms with E-state index in [4.69, 9.17) is 4.74 Å². The number of aromatic nitrogens is 1. The molecule has 2 rings (SSSR count). The minimum Gasteiger partial charge on any atom is -0.383 e. The first kappa shape index (κ1) is 18.5. The largest absolute Gasteiger partial charge is 0.383 e. The second kappa shape index (κ2) is 10.1. The zero-order chi connectivity index (χ0) is 17.2. The highest BCUT2D eigenvalue weighted by molar-refractivity contribution is 5.79. The first-order valence-electron chi connectivity index (χ1n) is 8.62. The molecule has 24 heavy (non-hydrogen) atoms. The van der Waals surface area contributed by atoms with Crippen LogP contribution >= 0.6 is 0 Å². The molecule has 1 fully saturated rings. The molecule has 1 aliphatic rings. The van der Waals surface area contributed by atoms with Gasteiger partial charge in [-0.1, -0.05) is 6.07 Å². The van der Waals surface area contributed by atoms with Gasteiger partial charge < -0.3 is 25.2 Å². The summed E-state index contributed by atoms with van der Waals surface area (Å²) in [4.78, 5) is 13.9. The predicted molar refractivity (Wildman–Crippen MR) is 98.6 cm³/mol. The van der Waals surface area contributed by atoms with E-state index in [1.165, 1.54) is 0 Å². The standard InChI is InChI=1S/C17H30N6O/c1-4-18-17(19-7-12-24-3)21-14-15-5-6-16(20-13-15)23-10-8-22(2)9-11-23/h5-6,13H,4,7-12,14H2,1-3H3,(H2,18,19,21). The number of piperazine rings is 1. The second-order valence-electron chi connectivity index (χ2n) is 5.93. The highest BCUT2D eigenvalue weighted by Gasteiger charge is 2.14. The molecular formula is C17H30N6O. The van der Waals surface area contributed by atoms with Crippen molar-refractivity contribution in [3.63, 3.8) is 0 Å². The zero-order valence-electron chi connectivity index (χ0n) is 15.1. The summed E-state index contributed by atoms with van der Waals surface area (Å²) in [5, 5.41) is 6.47. The number of likely N-dealkylation sites (N-methyl/N-ethyl adjacent to an activating group) is 1. The third kappa shape index (κ3) is 5.98. The Hall–Kier alpha value is -1.86. The molecule has 0 amide bonds. The summed E-state index contributed by atoms with van der Waals surface area (Å²) in [6.07, 6.45) is 1.93. The van der Waals surface area contributed by atoms with E-state index in [-0.39, 0.29) is 0 Å². The van der Waals surface area contributed by atoms with Crippen molar-refractivity contribution in [3.8, 4) is 0 Å². The van der Waals surface area contributed by atoms with Crippen LogP contribution < -0.4 is 15.5 Å². The molecule has 1 aromatic rings. The van der Waals surface area contributed by atoms with Crippen LogP contribution in [0.5, 0.6) is 0 Å². The molecule has 0 spiro atoms. The van der Waals surface area contributed by atoms with Gasteiger partial charge in [-0.05, 0) is 25.6 Å². The van der Waals surface area contributed by atoms with E-state index < -0.39 is 0 Å². The molecule has 1 aliphatic heterocycles. The molecule has 0 saturated carbocycles. The lowest BCUT2D eigenvalue weighted by Gasteiger charge is -2.33. The minimum atomic E-state index is 0.609. The molecule has 2 N–H and O–H groups in total. The van der Waals surface area contributed by atoms with Gasteiger partial charge in [0, 0.05) is 52.6 Å². The van der Waals surface area contributed by atoms with Crippen LogP contribution in [0.1, 0.15) is 12.5 Å². The van der Waals surface area contributed by atoms with E-state index in [0.717, 1.165) is 56.6 Å². The number of rotatable bonds is 7. The van der Waals surface area contributed by atoms with Gasteiger partial charge in [-0.3, -0.25) is 0 Å². The Balaban J connectivity index is 1.88. The maximum Gasteiger partial charge on any atom is 0.191 e. The molecule has 0 unspecified atom stereocenters.